The number of hydrogen-bond acceptors (Lipinski definition) is 15. The third-order valence-corrected chi connectivity index (χ3v) is 12.0. The van der Waals surface area contributed by atoms with Crippen molar-refractivity contribution >= 4 is 46.2 Å². The highest BCUT2D eigenvalue weighted by atomic mass is 16.7. The Labute approximate surface area is 370 Å². The summed E-state index contributed by atoms with van der Waals surface area (Å²) in [5, 5.41) is 73.8. The number of esters is 1. The number of hydrogen-bond donors (Lipinski definition) is 8. The molecule has 3 aliphatic rings. The molecule has 3 heterocycles. The first-order valence-electron chi connectivity index (χ1n) is 20.8. The molecule has 64 heavy (non-hydrogen) atoms. The fourth-order valence-corrected chi connectivity index (χ4v) is 8.17. The SMILES string of the molecule is COC1/C=C/OC2(C)Oc3c(C)c(O)c4c(O)c(c(/C=N/NC(=O)c5ccccc5CCO)c(O)c4c3C2=O)NC(=O)/C(C)=C/C=C/C(C)C(O)C(C)C(O)C(C)C(OC(C)=O)C1C. The topological polar surface area (TPSA) is 263 Å². The molecule has 17 heteroatoms. The lowest BCUT2D eigenvalue weighted by molar-refractivity contribution is -0.160. The van der Waals surface area contributed by atoms with E-state index in [1.54, 1.807) is 52.0 Å². The van der Waals surface area contributed by atoms with E-state index in [4.69, 9.17) is 18.9 Å². The van der Waals surface area contributed by atoms with Crippen LogP contribution in [0.2, 0.25) is 0 Å². The number of allylic oxidation sites excluding steroid dienone is 2. The van der Waals surface area contributed by atoms with Crippen LogP contribution in [0.15, 0.2) is 65.5 Å². The number of amides is 2. The van der Waals surface area contributed by atoms with Gasteiger partial charge in [-0.15, -0.1) is 0 Å². The standard InChI is InChI=1S/C47H57N3O14/c1-22-13-12-14-23(2)45(59)49-36-31(21-48-50-46(60)30-16-11-10-15-29(30)17-19-51)40(56)33-34(41(36)57)39(55)27(6)43-35(33)44(58)47(8,64-43)62-20-18-32(61-9)24(3)42(63-28(7)52)26(5)38(54)25(4)37(22)53/h10-16,18,20-22,24-26,32,37-38,42,51,53-57H,17,19H2,1-9H3,(H,49,59)(H,50,60)/b13-12+,20-18+,23-14+,48-21+. The van der Waals surface area contributed by atoms with Crippen molar-refractivity contribution in [2.45, 2.75) is 92.0 Å². The second-order valence-corrected chi connectivity index (χ2v) is 16.4. The number of nitrogens with one attached hydrogen (secondary N) is 2. The number of phenolic OH excluding ortho intramolecular Hbond substituents is 3. The van der Waals surface area contributed by atoms with Gasteiger partial charge in [-0.05, 0) is 38.0 Å². The van der Waals surface area contributed by atoms with Crippen LogP contribution in [0, 0.1) is 30.6 Å². The number of benzene rings is 3. The summed E-state index contributed by atoms with van der Waals surface area (Å²) in [6, 6.07) is 6.50. The fourth-order valence-electron chi connectivity index (χ4n) is 8.17. The molecular formula is C47H57N3O14. The zero-order chi connectivity index (χ0) is 47.4. The molecule has 0 aliphatic carbocycles. The van der Waals surface area contributed by atoms with Gasteiger partial charge in [0.1, 0.15) is 23.4 Å². The van der Waals surface area contributed by atoms with Crippen molar-refractivity contribution < 1.29 is 68.8 Å². The molecule has 17 nitrogen and oxygen atoms in total. The minimum Gasteiger partial charge on any atom is -0.507 e. The van der Waals surface area contributed by atoms with E-state index in [0.717, 1.165) is 12.5 Å². The number of rotatable bonds is 7. The smallest absolute Gasteiger partial charge is 0.312 e. The normalized spacial score (nSPS) is 28.5. The van der Waals surface area contributed by atoms with Gasteiger partial charge in [0.25, 0.3) is 17.6 Å². The molecule has 3 aromatic rings. The Hall–Kier alpha value is -6.27. The van der Waals surface area contributed by atoms with E-state index >= 15 is 0 Å². The van der Waals surface area contributed by atoms with Crippen molar-refractivity contribution in [1.82, 2.24) is 5.43 Å². The number of anilines is 1. The molecule has 9 unspecified atom stereocenters. The van der Waals surface area contributed by atoms with E-state index < -0.39 is 106 Å². The number of methoxy groups -OCH3 is 1. The number of fused-ring (bicyclic) bond motifs is 14. The number of nitrogens with zero attached hydrogens (tertiary/aromatic N) is 1. The summed E-state index contributed by atoms with van der Waals surface area (Å²) in [6.07, 6.45) is 4.25. The van der Waals surface area contributed by atoms with E-state index in [2.05, 4.69) is 15.8 Å². The molecule has 5 bridgehead atoms. The highest BCUT2D eigenvalue weighted by Crippen LogP contribution is 2.55. The second kappa shape index (κ2) is 20.1. The summed E-state index contributed by atoms with van der Waals surface area (Å²) in [5.41, 5.74) is 2.01. The molecule has 8 N–H and O–H groups in total. The molecule has 0 saturated heterocycles. The summed E-state index contributed by atoms with van der Waals surface area (Å²) in [6.45, 7) is 12.0. The number of carbonyl (C=O) groups excluding carboxylic acids is 4. The number of aliphatic hydroxyl groups is 3. The highest BCUT2D eigenvalue weighted by molar-refractivity contribution is 6.24. The van der Waals surface area contributed by atoms with Crippen LogP contribution in [0.1, 0.15) is 85.9 Å². The van der Waals surface area contributed by atoms with E-state index in [1.807, 2.05) is 0 Å². The van der Waals surface area contributed by atoms with Crippen LogP contribution in [0.4, 0.5) is 5.69 Å². The van der Waals surface area contributed by atoms with Gasteiger partial charge in [-0.25, -0.2) is 5.43 Å². The van der Waals surface area contributed by atoms with Crippen molar-refractivity contribution in [2.75, 3.05) is 19.0 Å². The van der Waals surface area contributed by atoms with Gasteiger partial charge >= 0.3 is 11.8 Å². The minimum absolute atomic E-state index is 0.0215. The van der Waals surface area contributed by atoms with Crippen molar-refractivity contribution in [3.8, 4) is 23.0 Å². The second-order valence-electron chi connectivity index (χ2n) is 16.4. The Bertz CT molecular complexity index is 2420. The Morgan fingerprint density at radius 2 is 1.64 bits per heavy atom. The Morgan fingerprint density at radius 3 is 2.30 bits per heavy atom. The first kappa shape index (κ1) is 48.8. The van der Waals surface area contributed by atoms with E-state index in [1.165, 1.54) is 59.1 Å². The third kappa shape index (κ3) is 9.62. The van der Waals surface area contributed by atoms with E-state index in [9.17, 15) is 49.8 Å². The van der Waals surface area contributed by atoms with Gasteiger partial charge in [0.15, 0.2) is 5.75 Å². The number of carbonyl (C=O) groups is 4. The zero-order valence-corrected chi connectivity index (χ0v) is 37.2. The molecule has 3 aliphatic heterocycles. The minimum atomic E-state index is -2.13. The Balaban J connectivity index is 1.70. The van der Waals surface area contributed by atoms with Crippen molar-refractivity contribution in [1.29, 1.82) is 0 Å². The lowest BCUT2D eigenvalue weighted by atomic mass is 9.78. The van der Waals surface area contributed by atoms with E-state index in [0.29, 0.717) is 5.56 Å². The molecule has 344 valence electrons. The van der Waals surface area contributed by atoms with Crippen LogP contribution in [-0.2, 0) is 30.2 Å². The summed E-state index contributed by atoms with van der Waals surface area (Å²) >= 11 is 0. The molecule has 3 aromatic carbocycles. The summed E-state index contributed by atoms with van der Waals surface area (Å²) in [7, 11) is 1.41. The van der Waals surface area contributed by atoms with Crippen LogP contribution in [0.25, 0.3) is 10.8 Å². The average Bonchev–Trinajstić information content (AvgIpc) is 3.53. The Kier molecular flexibility index (Phi) is 15.3. The highest BCUT2D eigenvalue weighted by Gasteiger charge is 2.50. The zero-order valence-electron chi connectivity index (χ0n) is 37.2. The Morgan fingerprint density at radius 1 is 0.953 bits per heavy atom. The molecule has 6 rings (SSSR count). The van der Waals surface area contributed by atoms with Crippen LogP contribution in [0.3, 0.4) is 0 Å². The quantitative estimate of drug-likeness (QED) is 0.0508. The van der Waals surface area contributed by atoms with E-state index in [-0.39, 0.29) is 52.0 Å². The molecule has 2 amide bonds. The maximum atomic E-state index is 14.5. The summed E-state index contributed by atoms with van der Waals surface area (Å²) < 4.78 is 23.5. The predicted molar refractivity (Wildman–Crippen MR) is 236 cm³/mol. The predicted octanol–water partition coefficient (Wildman–Crippen LogP) is 5.05. The van der Waals surface area contributed by atoms with Gasteiger partial charge in [0, 0.05) is 73.3 Å². The molecule has 0 saturated carbocycles. The largest absolute Gasteiger partial charge is 0.507 e. The molecule has 9 atom stereocenters. The maximum absolute atomic E-state index is 14.5. The van der Waals surface area contributed by atoms with Crippen LogP contribution < -0.4 is 15.5 Å². The lowest BCUT2D eigenvalue weighted by Crippen LogP contribution is -2.46. The lowest BCUT2D eigenvalue weighted by Gasteiger charge is -2.38. The molecule has 0 aromatic heterocycles. The van der Waals surface area contributed by atoms with Crippen LogP contribution in [-0.4, -0.2) is 104 Å². The van der Waals surface area contributed by atoms with Crippen LogP contribution >= 0.6 is 0 Å². The summed E-state index contributed by atoms with van der Waals surface area (Å²) in [5.74, 6) is -10.0. The fraction of sp³-hybridized carbons (Fsp3) is 0.426. The first-order chi connectivity index (χ1) is 30.2. The molecule has 0 radical (unpaired) electrons. The number of aromatic hydroxyl groups is 3. The first-order valence-corrected chi connectivity index (χ1v) is 20.8. The number of hydrazone groups is 1. The van der Waals surface area contributed by atoms with Gasteiger partial charge in [0.2, 0.25) is 0 Å². The number of aliphatic hydroxyl groups excluding tert-OH is 3. The van der Waals surface area contributed by atoms with Crippen molar-refractivity contribution in [2.24, 2.45) is 28.8 Å². The molecule has 0 fully saturated rings. The molecular weight excluding hydrogens is 831 g/mol. The monoisotopic (exact) mass is 887 g/mol. The van der Waals surface area contributed by atoms with Gasteiger partial charge in [0.05, 0.1) is 53.0 Å². The third-order valence-electron chi connectivity index (χ3n) is 12.0. The van der Waals surface area contributed by atoms with Crippen LogP contribution in [0.5, 0.6) is 23.0 Å². The number of ether oxygens (including phenoxy) is 4. The summed E-state index contributed by atoms with van der Waals surface area (Å²) in [4.78, 5) is 53.9. The van der Waals surface area contributed by atoms with Crippen molar-refractivity contribution in [3.63, 3.8) is 0 Å². The van der Waals surface area contributed by atoms with Gasteiger partial charge < -0.3 is 54.9 Å². The van der Waals surface area contributed by atoms with Crippen molar-refractivity contribution in [3.05, 3.63) is 88.2 Å². The number of ketones is 1. The number of phenols is 3. The maximum Gasteiger partial charge on any atom is 0.312 e. The average molecular weight is 888 g/mol. The number of Topliss-reactive ketones (excluding diaryl/α,β-unsaturated/α-hetero) is 1. The van der Waals surface area contributed by atoms with Gasteiger partial charge in [-0.1, -0.05) is 64.1 Å². The van der Waals surface area contributed by atoms with Gasteiger partial charge in [-0.3, -0.25) is 19.2 Å². The molecule has 0 spiro atoms. The van der Waals surface area contributed by atoms with Gasteiger partial charge in [-0.2, -0.15) is 5.10 Å².